The third-order valence-corrected chi connectivity index (χ3v) is 4.19. The summed E-state index contributed by atoms with van der Waals surface area (Å²) in [5.41, 5.74) is -1.65. The van der Waals surface area contributed by atoms with Crippen molar-refractivity contribution in [2.45, 2.75) is 51.4 Å². The SMILES string of the molecule is CC1C[N+](C)(C)C(C)CC1(O)C=CC(C)(C)O.[I-]. The Labute approximate surface area is 128 Å². The standard InChI is InChI=1S/C14H28NO2.HI/c1-11-10-15(5,6)12(2)9-14(11,17)8-7-13(3,4)16;/h7-8,11-12,16-17H,9-10H2,1-6H3;1H/q+1;/p-1. The van der Waals surface area contributed by atoms with Gasteiger partial charge in [0, 0.05) is 12.3 Å². The average Bonchev–Trinajstić information content (AvgIpc) is 2.11. The molecule has 2 N–H and O–H groups in total. The van der Waals surface area contributed by atoms with E-state index in [1.165, 1.54) is 0 Å². The number of nitrogens with zero attached hydrogens (tertiary/aromatic N) is 1. The van der Waals surface area contributed by atoms with Gasteiger partial charge in [0.15, 0.2) is 0 Å². The Morgan fingerprint density at radius 1 is 1.28 bits per heavy atom. The van der Waals surface area contributed by atoms with Crippen LogP contribution < -0.4 is 24.0 Å². The van der Waals surface area contributed by atoms with Gasteiger partial charge in [-0.05, 0) is 20.8 Å². The topological polar surface area (TPSA) is 40.5 Å². The van der Waals surface area contributed by atoms with Crippen molar-refractivity contribution in [3.8, 4) is 0 Å². The highest BCUT2D eigenvalue weighted by molar-refractivity contribution is 5.10. The fourth-order valence-electron chi connectivity index (χ4n) is 2.55. The number of hydrogen-bond donors (Lipinski definition) is 2. The average molecular weight is 369 g/mol. The van der Waals surface area contributed by atoms with Crippen molar-refractivity contribution in [1.29, 1.82) is 0 Å². The van der Waals surface area contributed by atoms with Gasteiger partial charge in [0.05, 0.1) is 37.9 Å². The van der Waals surface area contributed by atoms with Gasteiger partial charge in [-0.2, -0.15) is 0 Å². The van der Waals surface area contributed by atoms with Gasteiger partial charge in [0.1, 0.15) is 0 Å². The number of halogens is 1. The van der Waals surface area contributed by atoms with Gasteiger partial charge in [0.25, 0.3) is 0 Å². The first kappa shape index (κ1) is 18.4. The van der Waals surface area contributed by atoms with Gasteiger partial charge in [-0.15, -0.1) is 0 Å². The zero-order valence-electron chi connectivity index (χ0n) is 12.4. The second-order valence-electron chi connectivity index (χ2n) is 6.89. The molecule has 0 radical (unpaired) electrons. The van der Waals surface area contributed by atoms with E-state index < -0.39 is 11.2 Å². The van der Waals surface area contributed by atoms with Crippen LogP contribution in [0.25, 0.3) is 0 Å². The van der Waals surface area contributed by atoms with Gasteiger partial charge < -0.3 is 38.7 Å². The molecule has 0 bridgehead atoms. The van der Waals surface area contributed by atoms with Crippen LogP contribution in [0.2, 0.25) is 0 Å². The summed E-state index contributed by atoms with van der Waals surface area (Å²) in [4.78, 5) is 0. The van der Waals surface area contributed by atoms with E-state index in [0.717, 1.165) is 17.4 Å². The molecule has 0 saturated carbocycles. The molecular formula is C14H28INO2. The van der Waals surface area contributed by atoms with Crippen LogP contribution in [0.4, 0.5) is 0 Å². The number of aliphatic hydroxyl groups is 2. The minimum atomic E-state index is -0.861. The lowest BCUT2D eigenvalue weighted by molar-refractivity contribution is -0.924. The molecule has 0 aromatic heterocycles. The Kier molecular flexibility index (Phi) is 5.88. The van der Waals surface area contributed by atoms with Crippen molar-refractivity contribution in [1.82, 2.24) is 0 Å². The highest BCUT2D eigenvalue weighted by Crippen LogP contribution is 2.35. The molecule has 1 heterocycles. The third-order valence-electron chi connectivity index (χ3n) is 4.19. The van der Waals surface area contributed by atoms with Crippen molar-refractivity contribution in [3.05, 3.63) is 12.2 Å². The van der Waals surface area contributed by atoms with Gasteiger partial charge in [-0.1, -0.05) is 19.1 Å². The first-order valence-corrected chi connectivity index (χ1v) is 6.44. The summed E-state index contributed by atoms with van der Waals surface area (Å²) in [6.45, 7) is 8.66. The van der Waals surface area contributed by atoms with E-state index in [0.29, 0.717) is 6.04 Å². The van der Waals surface area contributed by atoms with Gasteiger partial charge in [-0.3, -0.25) is 0 Å². The summed E-state index contributed by atoms with van der Waals surface area (Å²) in [6.07, 6.45) is 4.25. The Balaban J connectivity index is 0.00000289. The molecule has 1 saturated heterocycles. The lowest BCUT2D eigenvalue weighted by Gasteiger charge is -2.49. The number of rotatable bonds is 2. The summed E-state index contributed by atoms with van der Waals surface area (Å²) in [7, 11) is 4.42. The number of hydrogen-bond acceptors (Lipinski definition) is 2. The van der Waals surface area contributed by atoms with Crippen LogP contribution in [-0.2, 0) is 0 Å². The maximum atomic E-state index is 10.7. The van der Waals surface area contributed by atoms with Gasteiger partial charge in [0.2, 0.25) is 0 Å². The first-order chi connectivity index (χ1) is 7.46. The van der Waals surface area contributed by atoms with E-state index in [1.807, 2.05) is 0 Å². The van der Waals surface area contributed by atoms with Crippen molar-refractivity contribution in [2.75, 3.05) is 20.6 Å². The summed E-state index contributed by atoms with van der Waals surface area (Å²) in [5.74, 6) is 0.201. The van der Waals surface area contributed by atoms with Crippen LogP contribution in [0, 0.1) is 5.92 Å². The molecule has 18 heavy (non-hydrogen) atoms. The quantitative estimate of drug-likeness (QED) is 0.356. The van der Waals surface area contributed by atoms with Crippen molar-refractivity contribution < 1.29 is 38.7 Å². The second-order valence-corrected chi connectivity index (χ2v) is 6.89. The maximum Gasteiger partial charge on any atom is 0.0963 e. The predicted octanol–water partition coefficient (Wildman–Crippen LogP) is -1.45. The molecule has 1 fully saturated rings. The Morgan fingerprint density at radius 2 is 1.78 bits per heavy atom. The summed E-state index contributed by atoms with van der Waals surface area (Å²) in [5, 5.41) is 20.4. The Hall–Kier alpha value is 0.350. The minimum Gasteiger partial charge on any atom is -1.00 e. The molecule has 0 aliphatic carbocycles. The van der Waals surface area contributed by atoms with E-state index in [9.17, 15) is 10.2 Å². The molecule has 1 aliphatic rings. The predicted molar refractivity (Wildman–Crippen MR) is 70.6 cm³/mol. The molecule has 0 spiro atoms. The number of quaternary nitrogens is 1. The highest BCUT2D eigenvalue weighted by Gasteiger charge is 2.45. The van der Waals surface area contributed by atoms with Crippen LogP contribution >= 0.6 is 0 Å². The Morgan fingerprint density at radius 3 is 2.22 bits per heavy atom. The molecule has 3 nitrogen and oxygen atoms in total. The summed E-state index contributed by atoms with van der Waals surface area (Å²) in [6, 6.07) is 0.419. The van der Waals surface area contributed by atoms with Crippen molar-refractivity contribution in [3.63, 3.8) is 0 Å². The molecule has 0 aromatic rings. The fraction of sp³-hybridized carbons (Fsp3) is 0.857. The molecule has 1 rings (SSSR count). The summed E-state index contributed by atoms with van der Waals surface area (Å²) < 4.78 is 0.944. The molecule has 1 aliphatic heterocycles. The zero-order valence-corrected chi connectivity index (χ0v) is 14.6. The molecule has 0 aromatic carbocycles. The third kappa shape index (κ3) is 4.47. The van der Waals surface area contributed by atoms with Gasteiger partial charge >= 0.3 is 0 Å². The van der Waals surface area contributed by atoms with E-state index >= 15 is 0 Å². The molecule has 3 atom stereocenters. The molecular weight excluding hydrogens is 341 g/mol. The van der Waals surface area contributed by atoms with Crippen molar-refractivity contribution in [2.24, 2.45) is 5.92 Å². The molecule has 108 valence electrons. The lowest BCUT2D eigenvalue weighted by Crippen LogP contribution is -3.00. The Bertz CT molecular complexity index is 309. The van der Waals surface area contributed by atoms with Crippen LogP contribution in [0.15, 0.2) is 12.2 Å². The highest BCUT2D eigenvalue weighted by atomic mass is 127. The largest absolute Gasteiger partial charge is 1.00 e. The smallest absolute Gasteiger partial charge is 0.0963 e. The van der Waals surface area contributed by atoms with Crippen molar-refractivity contribution >= 4 is 0 Å². The fourth-order valence-corrected chi connectivity index (χ4v) is 2.55. The molecule has 3 unspecified atom stereocenters. The van der Waals surface area contributed by atoms with Gasteiger partial charge in [-0.25, -0.2) is 0 Å². The van der Waals surface area contributed by atoms with Crippen LogP contribution in [0.5, 0.6) is 0 Å². The summed E-state index contributed by atoms with van der Waals surface area (Å²) >= 11 is 0. The number of likely N-dealkylation sites (tertiary alicyclic amines) is 1. The lowest BCUT2D eigenvalue weighted by atomic mass is 9.77. The zero-order chi connectivity index (χ0) is 13.5. The minimum absolute atomic E-state index is 0. The number of piperidine rings is 1. The maximum absolute atomic E-state index is 10.7. The van der Waals surface area contributed by atoms with Crippen LogP contribution in [0.3, 0.4) is 0 Å². The van der Waals surface area contributed by atoms with Crippen LogP contribution in [-0.4, -0.2) is 52.6 Å². The molecule has 4 heteroatoms. The van der Waals surface area contributed by atoms with E-state index in [2.05, 4.69) is 27.9 Å². The second kappa shape index (κ2) is 5.77. The van der Waals surface area contributed by atoms with E-state index in [4.69, 9.17) is 0 Å². The molecule has 0 amide bonds. The normalized spacial score (nSPS) is 36.4. The van der Waals surface area contributed by atoms with E-state index in [1.54, 1.807) is 26.0 Å². The van der Waals surface area contributed by atoms with E-state index in [-0.39, 0.29) is 29.9 Å². The first-order valence-electron chi connectivity index (χ1n) is 6.44. The van der Waals surface area contributed by atoms with Crippen LogP contribution in [0.1, 0.15) is 34.1 Å². The monoisotopic (exact) mass is 369 g/mol.